The van der Waals surface area contributed by atoms with E-state index in [2.05, 4.69) is 21.0 Å². The van der Waals surface area contributed by atoms with E-state index in [4.69, 9.17) is 5.73 Å². The van der Waals surface area contributed by atoms with Gasteiger partial charge in [0.15, 0.2) is 0 Å². The summed E-state index contributed by atoms with van der Waals surface area (Å²) in [7, 11) is 0. The third-order valence-corrected chi connectivity index (χ3v) is 3.10. The fourth-order valence-electron chi connectivity index (χ4n) is 1.96. The average molecular weight is 244 g/mol. The number of aromatic nitrogens is 2. The van der Waals surface area contributed by atoms with Crippen LogP contribution in [0.4, 0.5) is 0 Å². The SMILES string of the molecule is NC1CCCCC1n1cc(Br)cn1. The van der Waals surface area contributed by atoms with Gasteiger partial charge in [-0.15, -0.1) is 0 Å². The zero-order valence-electron chi connectivity index (χ0n) is 7.49. The maximum atomic E-state index is 6.04. The van der Waals surface area contributed by atoms with Crippen molar-refractivity contribution in [3.63, 3.8) is 0 Å². The fraction of sp³-hybridized carbons (Fsp3) is 0.667. The Morgan fingerprint density at radius 3 is 2.85 bits per heavy atom. The average Bonchev–Trinajstić information content (AvgIpc) is 2.53. The maximum Gasteiger partial charge on any atom is 0.0670 e. The lowest BCUT2D eigenvalue weighted by molar-refractivity contribution is 0.286. The van der Waals surface area contributed by atoms with Gasteiger partial charge in [-0.25, -0.2) is 0 Å². The van der Waals surface area contributed by atoms with E-state index in [1.165, 1.54) is 12.8 Å². The number of hydrogen-bond donors (Lipinski definition) is 1. The topological polar surface area (TPSA) is 43.8 Å². The van der Waals surface area contributed by atoms with Crippen LogP contribution in [-0.4, -0.2) is 15.8 Å². The van der Waals surface area contributed by atoms with Crippen LogP contribution in [0.25, 0.3) is 0 Å². The number of nitrogens with two attached hydrogens (primary N) is 1. The highest BCUT2D eigenvalue weighted by molar-refractivity contribution is 9.10. The van der Waals surface area contributed by atoms with Gasteiger partial charge in [0, 0.05) is 12.2 Å². The molecule has 2 atom stereocenters. The Labute approximate surface area is 86.4 Å². The largest absolute Gasteiger partial charge is 0.326 e. The highest BCUT2D eigenvalue weighted by Crippen LogP contribution is 2.27. The van der Waals surface area contributed by atoms with Crippen LogP contribution in [0.2, 0.25) is 0 Å². The van der Waals surface area contributed by atoms with Gasteiger partial charge in [-0.2, -0.15) is 5.10 Å². The number of rotatable bonds is 1. The van der Waals surface area contributed by atoms with Crippen LogP contribution in [0, 0.1) is 0 Å². The summed E-state index contributed by atoms with van der Waals surface area (Å²) >= 11 is 3.39. The van der Waals surface area contributed by atoms with E-state index in [0.717, 1.165) is 17.3 Å². The summed E-state index contributed by atoms with van der Waals surface area (Å²) < 4.78 is 3.03. The summed E-state index contributed by atoms with van der Waals surface area (Å²) in [4.78, 5) is 0. The number of hydrogen-bond acceptors (Lipinski definition) is 2. The van der Waals surface area contributed by atoms with Gasteiger partial charge in [0.25, 0.3) is 0 Å². The standard InChI is InChI=1S/C9H14BrN3/c10-7-5-12-13(6-7)9-4-2-1-3-8(9)11/h5-6,8-9H,1-4,11H2. The van der Waals surface area contributed by atoms with Crippen molar-refractivity contribution in [1.82, 2.24) is 9.78 Å². The van der Waals surface area contributed by atoms with Crippen LogP contribution in [0.5, 0.6) is 0 Å². The molecule has 1 aliphatic carbocycles. The molecule has 1 aliphatic rings. The third kappa shape index (κ3) is 1.94. The number of nitrogens with zero attached hydrogens (tertiary/aromatic N) is 2. The molecule has 0 bridgehead atoms. The second-order valence-electron chi connectivity index (χ2n) is 3.65. The van der Waals surface area contributed by atoms with Gasteiger partial charge >= 0.3 is 0 Å². The molecule has 0 amide bonds. The van der Waals surface area contributed by atoms with E-state index in [-0.39, 0.29) is 6.04 Å². The molecule has 1 fully saturated rings. The molecule has 1 saturated carbocycles. The van der Waals surface area contributed by atoms with E-state index in [0.29, 0.717) is 6.04 Å². The van der Waals surface area contributed by atoms with Crippen LogP contribution in [0.3, 0.4) is 0 Å². The summed E-state index contributed by atoms with van der Waals surface area (Å²) in [6, 6.07) is 0.681. The molecule has 1 heterocycles. The Balaban J connectivity index is 2.14. The minimum atomic E-state index is 0.278. The summed E-state index contributed by atoms with van der Waals surface area (Å²) in [6.45, 7) is 0. The molecule has 13 heavy (non-hydrogen) atoms. The first-order valence-electron chi connectivity index (χ1n) is 4.72. The Kier molecular flexibility index (Phi) is 2.69. The van der Waals surface area contributed by atoms with Crippen LogP contribution in [0.15, 0.2) is 16.9 Å². The summed E-state index contributed by atoms with van der Waals surface area (Å²) in [5.74, 6) is 0. The lowest BCUT2D eigenvalue weighted by Gasteiger charge is -2.28. The van der Waals surface area contributed by atoms with E-state index < -0.39 is 0 Å². The Hall–Kier alpha value is -0.350. The molecule has 2 N–H and O–H groups in total. The minimum absolute atomic E-state index is 0.278. The third-order valence-electron chi connectivity index (χ3n) is 2.69. The van der Waals surface area contributed by atoms with E-state index in [9.17, 15) is 0 Å². The monoisotopic (exact) mass is 243 g/mol. The van der Waals surface area contributed by atoms with Gasteiger partial charge in [-0.05, 0) is 28.8 Å². The quantitative estimate of drug-likeness (QED) is 0.821. The van der Waals surface area contributed by atoms with E-state index in [1.807, 2.05) is 17.1 Å². The minimum Gasteiger partial charge on any atom is -0.326 e. The fourth-order valence-corrected chi connectivity index (χ4v) is 2.27. The van der Waals surface area contributed by atoms with Gasteiger partial charge < -0.3 is 5.73 Å². The van der Waals surface area contributed by atoms with Crippen LogP contribution in [-0.2, 0) is 0 Å². The molecule has 1 aromatic rings. The molecule has 2 unspecified atom stereocenters. The first-order chi connectivity index (χ1) is 6.27. The zero-order chi connectivity index (χ0) is 9.26. The first kappa shape index (κ1) is 9.21. The highest BCUT2D eigenvalue weighted by atomic mass is 79.9. The molecule has 4 heteroatoms. The maximum absolute atomic E-state index is 6.04. The van der Waals surface area contributed by atoms with Crippen molar-refractivity contribution >= 4 is 15.9 Å². The van der Waals surface area contributed by atoms with Crippen molar-refractivity contribution in [2.24, 2.45) is 5.73 Å². The van der Waals surface area contributed by atoms with E-state index in [1.54, 1.807) is 0 Å². The summed E-state index contributed by atoms with van der Waals surface area (Å²) in [5, 5.41) is 4.28. The molecular weight excluding hydrogens is 230 g/mol. The van der Waals surface area contributed by atoms with Gasteiger partial charge in [-0.1, -0.05) is 12.8 Å². The Morgan fingerprint density at radius 1 is 1.46 bits per heavy atom. The van der Waals surface area contributed by atoms with Crippen molar-refractivity contribution in [2.75, 3.05) is 0 Å². The second kappa shape index (κ2) is 3.80. The smallest absolute Gasteiger partial charge is 0.0670 e. The Bertz CT molecular complexity index is 284. The normalized spacial score (nSPS) is 29.1. The molecule has 3 nitrogen and oxygen atoms in total. The van der Waals surface area contributed by atoms with Gasteiger partial charge in [-0.3, -0.25) is 4.68 Å². The van der Waals surface area contributed by atoms with Crippen LogP contribution >= 0.6 is 15.9 Å². The molecule has 0 radical (unpaired) electrons. The van der Waals surface area contributed by atoms with Gasteiger partial charge in [0.05, 0.1) is 16.7 Å². The predicted molar refractivity (Wildman–Crippen MR) is 55.4 cm³/mol. The number of halogens is 1. The Morgan fingerprint density at radius 2 is 2.23 bits per heavy atom. The highest BCUT2D eigenvalue weighted by Gasteiger charge is 2.23. The van der Waals surface area contributed by atoms with Crippen molar-refractivity contribution < 1.29 is 0 Å². The van der Waals surface area contributed by atoms with Crippen molar-refractivity contribution in [2.45, 2.75) is 37.8 Å². The lowest BCUT2D eigenvalue weighted by Crippen LogP contribution is -2.35. The second-order valence-corrected chi connectivity index (χ2v) is 4.57. The molecule has 0 saturated heterocycles. The first-order valence-corrected chi connectivity index (χ1v) is 5.52. The molecular formula is C9H14BrN3. The summed E-state index contributed by atoms with van der Waals surface area (Å²) in [6.07, 6.45) is 8.66. The van der Waals surface area contributed by atoms with Crippen LogP contribution < -0.4 is 5.73 Å². The molecule has 1 aromatic heterocycles. The molecule has 0 aromatic carbocycles. The molecule has 2 rings (SSSR count). The van der Waals surface area contributed by atoms with Crippen molar-refractivity contribution in [3.8, 4) is 0 Å². The van der Waals surface area contributed by atoms with Crippen molar-refractivity contribution in [1.29, 1.82) is 0 Å². The van der Waals surface area contributed by atoms with Gasteiger partial charge in [0.2, 0.25) is 0 Å². The molecule has 0 spiro atoms. The van der Waals surface area contributed by atoms with E-state index >= 15 is 0 Å². The zero-order valence-corrected chi connectivity index (χ0v) is 9.07. The summed E-state index contributed by atoms with van der Waals surface area (Å²) in [5.41, 5.74) is 6.04. The van der Waals surface area contributed by atoms with Crippen molar-refractivity contribution in [3.05, 3.63) is 16.9 Å². The molecule has 72 valence electrons. The van der Waals surface area contributed by atoms with Gasteiger partial charge in [0.1, 0.15) is 0 Å². The predicted octanol–water partition coefficient (Wildman–Crippen LogP) is 2.09. The lowest BCUT2D eigenvalue weighted by atomic mass is 9.91. The van der Waals surface area contributed by atoms with Crippen LogP contribution in [0.1, 0.15) is 31.7 Å². The molecule has 0 aliphatic heterocycles.